The van der Waals surface area contributed by atoms with E-state index in [1.54, 1.807) is 0 Å². The maximum Gasteiger partial charge on any atom is 1.00 e. The van der Waals surface area contributed by atoms with E-state index in [-0.39, 0.29) is 55.3 Å². The maximum atomic E-state index is 11.5. The number of rotatable bonds is 26. The summed E-state index contributed by atoms with van der Waals surface area (Å²) < 4.78 is 21.3. The number of hydrogen-bond donors (Lipinski definition) is 4. The molecule has 1 heterocycles. The number of aromatic nitrogens is 2. The van der Waals surface area contributed by atoms with Crippen LogP contribution in [-0.4, -0.2) is 65.1 Å². The van der Waals surface area contributed by atoms with Gasteiger partial charge in [0.2, 0.25) is 5.91 Å². The molecule has 0 fully saturated rings. The van der Waals surface area contributed by atoms with Crippen LogP contribution in [0.1, 0.15) is 106 Å². The van der Waals surface area contributed by atoms with E-state index in [0.717, 1.165) is 85.0 Å². The van der Waals surface area contributed by atoms with Crippen molar-refractivity contribution in [1.29, 1.82) is 15.8 Å². The van der Waals surface area contributed by atoms with Gasteiger partial charge >= 0.3 is 35.5 Å². The zero-order valence-corrected chi connectivity index (χ0v) is 45.1. The number of aryl methyl sites for hydroxylation is 1. The first kappa shape index (κ1) is 68.3. The number of hydrogen-bond acceptors (Lipinski definition) is 12. The summed E-state index contributed by atoms with van der Waals surface area (Å²) in [6, 6.07) is 42.2. The molecule has 382 valence electrons. The number of H-pyrrole nitrogens is 1. The molecule has 2 unspecified atom stereocenters. The molecule has 17 heteroatoms. The largest absolute Gasteiger partial charge is 1.00 e. The molecule has 15 nitrogen and oxygen atoms in total. The van der Waals surface area contributed by atoms with Gasteiger partial charge < -0.3 is 56.7 Å². The second-order valence-electron chi connectivity index (χ2n) is 15.3. The van der Waals surface area contributed by atoms with Crippen LogP contribution >= 0.6 is 11.6 Å². The standard InChI is InChI=1S/C15H19ClN2O.C15H20N2O2.C10H12N2O.C9H10O2.C5H10O2.CN.Na/c1-2-3-9-14-17-13(15(16)18-14)11-19-10-12-7-5-4-6-8-12;1-2-3-9-15(18)17-14(10-16)12-19-11-13-7-5-4-6-8-13;11-6-10(12)8-13-7-9-4-2-1-3-5-9;10-6-7-11-8-9-4-2-1-3-5-9;1-2-3-4-5(6)7;1-2;/h4-8H,2-3,9-11H2,1H3,(H,17,18);4-8,14H,2-3,9,11-12H2,1H3,(H,17,18);1-5,10H,7-8,12H2;1-6H,7-8H2;2-4H2,1H3,(H,6,7);;/q;;;;;-1;+1. The molecule has 0 spiro atoms. The molecule has 2 atom stereocenters. The van der Waals surface area contributed by atoms with Crippen molar-refractivity contribution in [3.05, 3.63) is 167 Å². The summed E-state index contributed by atoms with van der Waals surface area (Å²) in [6.45, 7) is 14.1. The number of carboxylic acid groups (broad SMARTS) is 1. The predicted octanol–water partition coefficient (Wildman–Crippen LogP) is 7.34. The molecular formula is C55H71ClN7NaO8. The van der Waals surface area contributed by atoms with Crippen LogP contribution in [0.2, 0.25) is 5.15 Å². The van der Waals surface area contributed by atoms with Crippen molar-refractivity contribution < 1.29 is 68.0 Å². The maximum absolute atomic E-state index is 11.5. The summed E-state index contributed by atoms with van der Waals surface area (Å²) in [4.78, 5) is 38.7. The number of nitrogens with two attached hydrogens (primary N) is 1. The second-order valence-corrected chi connectivity index (χ2v) is 15.6. The number of ether oxygens (including phenoxy) is 4. The Morgan fingerprint density at radius 3 is 1.53 bits per heavy atom. The Morgan fingerprint density at radius 1 is 0.694 bits per heavy atom. The predicted molar refractivity (Wildman–Crippen MR) is 274 cm³/mol. The van der Waals surface area contributed by atoms with E-state index in [2.05, 4.69) is 22.2 Å². The zero-order valence-electron chi connectivity index (χ0n) is 42.3. The molecule has 0 saturated heterocycles. The van der Waals surface area contributed by atoms with Crippen LogP contribution in [-0.2, 0) is 72.8 Å². The van der Waals surface area contributed by atoms with Crippen LogP contribution < -0.4 is 40.6 Å². The van der Waals surface area contributed by atoms with Crippen molar-refractivity contribution in [3.8, 4) is 12.1 Å². The molecule has 0 saturated carbocycles. The molecule has 0 aliphatic heterocycles. The Morgan fingerprint density at radius 2 is 1.12 bits per heavy atom. The van der Waals surface area contributed by atoms with Crippen molar-refractivity contribution in [2.24, 2.45) is 5.73 Å². The van der Waals surface area contributed by atoms with Crippen LogP contribution in [0.15, 0.2) is 121 Å². The quantitative estimate of drug-likeness (QED) is 0.0184. The molecule has 5 rings (SSSR count). The number of carbonyl (C=O) groups excluding carboxylic acids is 2. The van der Waals surface area contributed by atoms with Crippen molar-refractivity contribution in [1.82, 2.24) is 15.3 Å². The van der Waals surface area contributed by atoms with E-state index in [1.165, 1.54) is 0 Å². The molecule has 5 N–H and O–H groups in total. The number of aliphatic carboxylic acids is 1. The second kappa shape index (κ2) is 48.9. The Kier molecular flexibility index (Phi) is 46.4. The summed E-state index contributed by atoms with van der Waals surface area (Å²) in [6.07, 6.45) is 8.32. The van der Waals surface area contributed by atoms with Gasteiger partial charge in [-0.25, -0.2) is 4.98 Å². The van der Waals surface area contributed by atoms with Gasteiger partial charge in [0.25, 0.3) is 0 Å². The summed E-state index contributed by atoms with van der Waals surface area (Å²) in [7, 11) is 0. The molecular weight excluding hydrogens is 945 g/mol. The Hall–Kier alpha value is -5.74. The summed E-state index contributed by atoms with van der Waals surface area (Å²) in [5.41, 5.74) is 10.6. The third kappa shape index (κ3) is 38.9. The fourth-order valence-corrected chi connectivity index (χ4v) is 5.67. The first-order valence-corrected chi connectivity index (χ1v) is 23.9. The Balaban J connectivity index is 0. The monoisotopic (exact) mass is 1020 g/mol. The van der Waals surface area contributed by atoms with Crippen LogP contribution in [0.4, 0.5) is 0 Å². The molecule has 0 aliphatic carbocycles. The zero-order chi connectivity index (χ0) is 52.6. The van der Waals surface area contributed by atoms with E-state index >= 15 is 0 Å². The first-order chi connectivity index (χ1) is 34.6. The normalized spacial score (nSPS) is 10.4. The van der Waals surface area contributed by atoms with Gasteiger partial charge in [0.1, 0.15) is 30.8 Å². The number of nitrogens with one attached hydrogen (secondary N) is 2. The van der Waals surface area contributed by atoms with Gasteiger partial charge in [-0.3, -0.25) is 9.59 Å². The van der Waals surface area contributed by atoms with Crippen molar-refractivity contribution in [2.45, 2.75) is 124 Å². The fourth-order valence-electron chi connectivity index (χ4n) is 5.47. The number of aldehydes is 1. The molecule has 72 heavy (non-hydrogen) atoms. The van der Waals surface area contributed by atoms with Gasteiger partial charge in [-0.2, -0.15) is 10.5 Å². The number of amides is 1. The van der Waals surface area contributed by atoms with Gasteiger partial charge in [0.05, 0.1) is 64.1 Å². The third-order valence-corrected chi connectivity index (χ3v) is 9.48. The van der Waals surface area contributed by atoms with Gasteiger partial charge in [-0.1, -0.05) is 173 Å². The van der Waals surface area contributed by atoms with E-state index < -0.39 is 18.1 Å². The van der Waals surface area contributed by atoms with Gasteiger partial charge in [-0.15, -0.1) is 0 Å². The van der Waals surface area contributed by atoms with E-state index in [4.69, 9.17) is 63.7 Å². The fraction of sp³-hybridized carbons (Fsp3) is 0.400. The van der Waals surface area contributed by atoms with Crippen LogP contribution in [0.3, 0.4) is 0 Å². The van der Waals surface area contributed by atoms with Crippen molar-refractivity contribution >= 4 is 29.8 Å². The minimum Gasteiger partial charge on any atom is -0.512 e. The summed E-state index contributed by atoms with van der Waals surface area (Å²) >= 11 is 6.08. The molecule has 1 aromatic heterocycles. The van der Waals surface area contributed by atoms with E-state index in [0.29, 0.717) is 51.0 Å². The van der Waals surface area contributed by atoms with Crippen molar-refractivity contribution in [3.63, 3.8) is 0 Å². The number of unbranched alkanes of at least 4 members (excludes halogenated alkanes) is 3. The number of halogens is 1. The van der Waals surface area contributed by atoms with Crippen LogP contribution in [0.25, 0.3) is 0 Å². The Labute approximate surface area is 454 Å². The molecule has 4 aromatic carbocycles. The van der Waals surface area contributed by atoms with Gasteiger partial charge in [0, 0.05) is 19.3 Å². The number of benzene rings is 4. The first-order valence-electron chi connectivity index (χ1n) is 23.5. The Bertz CT molecular complexity index is 2180. The third-order valence-electron chi connectivity index (χ3n) is 9.16. The minimum absolute atomic E-state index is 0. The SMILES string of the molecule is CCCCC(=O)NC(C#N)COCc1ccccc1.CCCCC(=O)O.CCCCc1nc(Cl)c(COCc2ccccc2)[nH]1.N#CC(N)COCc1ccccc1.O=CCOCc1ccccc1.[C-]#N.[Na+]. The molecule has 0 radical (unpaired) electrons. The molecule has 0 aliphatic rings. The van der Waals surface area contributed by atoms with Crippen LogP contribution in [0, 0.1) is 34.5 Å². The number of carbonyl (C=O) groups is 3. The molecule has 5 aromatic rings. The van der Waals surface area contributed by atoms with E-state index in [9.17, 15) is 14.4 Å². The molecule has 0 bridgehead atoms. The van der Waals surface area contributed by atoms with Gasteiger partial charge in [0.15, 0.2) is 5.15 Å². The minimum atomic E-state index is -0.693. The smallest absolute Gasteiger partial charge is 0.512 e. The topological polar surface area (TPSA) is 246 Å². The van der Waals surface area contributed by atoms with Crippen LogP contribution in [0.5, 0.6) is 0 Å². The number of aromatic amines is 1. The number of carboxylic acids is 1. The molecule has 1 amide bonds. The van der Waals surface area contributed by atoms with E-state index in [1.807, 2.05) is 147 Å². The number of nitrogens with zero attached hydrogens (tertiary/aromatic N) is 4. The average Bonchev–Trinajstić information content (AvgIpc) is 3.77. The number of imidazole rings is 1. The summed E-state index contributed by atoms with van der Waals surface area (Å²) in [5.74, 6) is 0.170. The van der Waals surface area contributed by atoms with Gasteiger partial charge in [-0.05, 0) is 41.5 Å². The number of nitriles is 2. The van der Waals surface area contributed by atoms with Crippen molar-refractivity contribution in [2.75, 3.05) is 19.8 Å². The summed E-state index contributed by atoms with van der Waals surface area (Å²) in [5, 5.41) is 34.8. The average molecular weight is 1020 g/mol.